The zero-order valence-electron chi connectivity index (χ0n) is 16.7. The third kappa shape index (κ3) is 3.20. The molecule has 0 saturated carbocycles. The van der Waals surface area contributed by atoms with Crippen LogP contribution >= 0.6 is 0 Å². The highest BCUT2D eigenvalue weighted by atomic mass is 16.6. The highest BCUT2D eigenvalue weighted by Crippen LogP contribution is 2.48. The zero-order chi connectivity index (χ0) is 19.4. The maximum atomic E-state index is 12.7. The first-order valence-corrected chi connectivity index (χ1v) is 9.90. The van der Waals surface area contributed by atoms with Crippen LogP contribution in [0.5, 0.6) is 0 Å². The summed E-state index contributed by atoms with van der Waals surface area (Å²) in [4.78, 5) is 14.6. The molecule has 2 aromatic rings. The van der Waals surface area contributed by atoms with Crippen molar-refractivity contribution < 1.29 is 14.6 Å². The van der Waals surface area contributed by atoms with Crippen molar-refractivity contribution in [3.63, 3.8) is 0 Å². The van der Waals surface area contributed by atoms with Gasteiger partial charge in [0.15, 0.2) is 0 Å². The van der Waals surface area contributed by atoms with Gasteiger partial charge in [-0.25, -0.2) is 4.79 Å². The van der Waals surface area contributed by atoms with Crippen LogP contribution in [0.15, 0.2) is 36.4 Å². The molecule has 1 amide bonds. The highest BCUT2D eigenvalue weighted by Gasteiger charge is 2.51. The van der Waals surface area contributed by atoms with E-state index in [1.807, 2.05) is 37.8 Å². The van der Waals surface area contributed by atoms with Crippen molar-refractivity contribution in [1.29, 1.82) is 0 Å². The van der Waals surface area contributed by atoms with Gasteiger partial charge in [-0.3, -0.25) is 0 Å². The fourth-order valence-electron chi connectivity index (χ4n) is 5.04. The number of aliphatic hydroxyl groups is 1. The standard InChI is InChI=1S/C23H29NO3/c1-15-9-10-16-7-5-6-8-19(16)20(15)23(26)13-17-11-12-18(14-23)24(17)21(25)27-22(2,3)4/h5-10,17-18,26H,11-14H2,1-4H3. The first-order chi connectivity index (χ1) is 12.7. The lowest BCUT2D eigenvalue weighted by Crippen LogP contribution is -2.53. The normalized spacial score (nSPS) is 27.8. The second-order valence-electron chi connectivity index (χ2n) is 9.19. The molecule has 2 bridgehead atoms. The Morgan fingerprint density at radius 3 is 2.37 bits per heavy atom. The SMILES string of the molecule is Cc1ccc2ccccc2c1C1(O)CC2CCC(C1)N2C(=O)OC(C)(C)C. The molecule has 0 aromatic heterocycles. The first-order valence-electron chi connectivity index (χ1n) is 9.90. The molecule has 0 spiro atoms. The Balaban J connectivity index is 1.69. The van der Waals surface area contributed by atoms with E-state index in [0.717, 1.165) is 34.7 Å². The summed E-state index contributed by atoms with van der Waals surface area (Å²) in [7, 11) is 0. The number of amides is 1. The Bertz CT molecular complexity index is 869. The Hall–Kier alpha value is -2.07. The van der Waals surface area contributed by atoms with E-state index in [4.69, 9.17) is 4.74 Å². The summed E-state index contributed by atoms with van der Waals surface area (Å²) in [5.74, 6) is 0. The van der Waals surface area contributed by atoms with Crippen LogP contribution < -0.4 is 0 Å². The van der Waals surface area contributed by atoms with Crippen LogP contribution in [0.4, 0.5) is 4.79 Å². The van der Waals surface area contributed by atoms with Gasteiger partial charge >= 0.3 is 6.09 Å². The van der Waals surface area contributed by atoms with Crippen molar-refractivity contribution in [1.82, 2.24) is 4.90 Å². The largest absolute Gasteiger partial charge is 0.444 e. The molecule has 2 aliphatic heterocycles. The quantitative estimate of drug-likeness (QED) is 0.780. The maximum absolute atomic E-state index is 12.7. The predicted molar refractivity (Wildman–Crippen MR) is 107 cm³/mol. The van der Waals surface area contributed by atoms with Gasteiger partial charge in [-0.05, 0) is 62.4 Å². The molecule has 2 aromatic carbocycles. The number of benzene rings is 2. The molecule has 1 N–H and O–H groups in total. The molecule has 2 saturated heterocycles. The van der Waals surface area contributed by atoms with Crippen LogP contribution in [-0.4, -0.2) is 33.8 Å². The average molecular weight is 367 g/mol. The topological polar surface area (TPSA) is 49.8 Å². The molecule has 0 radical (unpaired) electrons. The molecule has 27 heavy (non-hydrogen) atoms. The van der Waals surface area contributed by atoms with E-state index < -0.39 is 11.2 Å². The van der Waals surface area contributed by atoms with Crippen molar-refractivity contribution in [2.45, 2.75) is 76.7 Å². The zero-order valence-corrected chi connectivity index (χ0v) is 16.7. The first kappa shape index (κ1) is 18.3. The minimum absolute atomic E-state index is 0.0296. The van der Waals surface area contributed by atoms with Gasteiger partial charge in [0.25, 0.3) is 0 Å². The molecule has 2 fully saturated rings. The van der Waals surface area contributed by atoms with E-state index in [-0.39, 0.29) is 18.2 Å². The van der Waals surface area contributed by atoms with E-state index in [2.05, 4.69) is 31.2 Å². The fraction of sp³-hybridized carbons (Fsp3) is 0.522. The third-order valence-electron chi connectivity index (χ3n) is 5.97. The van der Waals surface area contributed by atoms with Gasteiger partial charge in [0.1, 0.15) is 5.60 Å². The molecule has 2 heterocycles. The molecule has 2 atom stereocenters. The molecule has 2 aliphatic rings. The molecule has 4 heteroatoms. The summed E-state index contributed by atoms with van der Waals surface area (Å²) < 4.78 is 5.63. The highest BCUT2D eigenvalue weighted by molar-refractivity contribution is 5.87. The smallest absolute Gasteiger partial charge is 0.410 e. The Kier molecular flexibility index (Phi) is 4.22. The van der Waals surface area contributed by atoms with E-state index in [1.54, 1.807) is 0 Å². The molecule has 4 rings (SSSR count). The van der Waals surface area contributed by atoms with Crippen LogP contribution in [0.1, 0.15) is 57.6 Å². The van der Waals surface area contributed by atoms with Crippen LogP contribution in [-0.2, 0) is 10.3 Å². The van der Waals surface area contributed by atoms with Crippen molar-refractivity contribution in [3.05, 3.63) is 47.5 Å². The van der Waals surface area contributed by atoms with Crippen LogP contribution in [0.3, 0.4) is 0 Å². The number of piperidine rings is 1. The van der Waals surface area contributed by atoms with Gasteiger partial charge < -0.3 is 14.7 Å². The lowest BCUT2D eigenvalue weighted by molar-refractivity contribution is -0.0619. The minimum atomic E-state index is -0.907. The third-order valence-corrected chi connectivity index (χ3v) is 5.97. The second kappa shape index (κ2) is 6.23. The number of nitrogens with zero attached hydrogens (tertiary/aromatic N) is 1. The Morgan fingerprint density at radius 1 is 1.11 bits per heavy atom. The number of fused-ring (bicyclic) bond motifs is 3. The van der Waals surface area contributed by atoms with Crippen LogP contribution in [0, 0.1) is 6.92 Å². The minimum Gasteiger partial charge on any atom is -0.444 e. The van der Waals surface area contributed by atoms with Crippen LogP contribution in [0.2, 0.25) is 0 Å². The van der Waals surface area contributed by atoms with Crippen molar-refractivity contribution >= 4 is 16.9 Å². The molecule has 144 valence electrons. The summed E-state index contributed by atoms with van der Waals surface area (Å²) >= 11 is 0. The van der Waals surface area contributed by atoms with Gasteiger partial charge in [0.2, 0.25) is 0 Å². The van der Waals surface area contributed by atoms with Gasteiger partial charge in [0.05, 0.1) is 5.60 Å². The lowest BCUT2D eigenvalue weighted by Gasteiger charge is -2.45. The lowest BCUT2D eigenvalue weighted by atomic mass is 9.77. The maximum Gasteiger partial charge on any atom is 0.410 e. The average Bonchev–Trinajstić information content (AvgIpc) is 2.86. The van der Waals surface area contributed by atoms with Crippen molar-refractivity contribution in [2.24, 2.45) is 0 Å². The van der Waals surface area contributed by atoms with Gasteiger partial charge in [0, 0.05) is 24.9 Å². The van der Waals surface area contributed by atoms with Gasteiger partial charge in [-0.1, -0.05) is 36.4 Å². The summed E-state index contributed by atoms with van der Waals surface area (Å²) in [6.07, 6.45) is 2.74. The number of hydrogen-bond acceptors (Lipinski definition) is 3. The fourth-order valence-corrected chi connectivity index (χ4v) is 5.04. The summed E-state index contributed by atoms with van der Waals surface area (Å²) in [5.41, 5.74) is 0.730. The number of aryl methyl sites for hydroxylation is 1. The second-order valence-corrected chi connectivity index (χ2v) is 9.19. The number of carbonyl (C=O) groups is 1. The molecule has 0 aliphatic carbocycles. The number of carbonyl (C=O) groups excluding carboxylic acids is 1. The van der Waals surface area contributed by atoms with Crippen LogP contribution in [0.25, 0.3) is 10.8 Å². The van der Waals surface area contributed by atoms with Gasteiger partial charge in [-0.2, -0.15) is 0 Å². The Labute approximate surface area is 161 Å². The van der Waals surface area contributed by atoms with E-state index in [1.165, 1.54) is 0 Å². The number of hydrogen-bond donors (Lipinski definition) is 1. The summed E-state index contributed by atoms with van der Waals surface area (Å²) in [5, 5.41) is 14.0. The van der Waals surface area contributed by atoms with Crippen molar-refractivity contribution in [3.8, 4) is 0 Å². The molecular formula is C23H29NO3. The molecular weight excluding hydrogens is 338 g/mol. The number of rotatable bonds is 1. The van der Waals surface area contributed by atoms with Crippen molar-refractivity contribution in [2.75, 3.05) is 0 Å². The monoisotopic (exact) mass is 367 g/mol. The number of ether oxygens (including phenoxy) is 1. The van der Waals surface area contributed by atoms with E-state index in [0.29, 0.717) is 12.8 Å². The van der Waals surface area contributed by atoms with E-state index >= 15 is 0 Å². The Morgan fingerprint density at radius 2 is 1.74 bits per heavy atom. The van der Waals surface area contributed by atoms with Gasteiger partial charge in [-0.15, -0.1) is 0 Å². The molecule has 2 unspecified atom stereocenters. The summed E-state index contributed by atoms with van der Waals surface area (Å²) in [6.45, 7) is 7.76. The van der Waals surface area contributed by atoms with E-state index in [9.17, 15) is 9.90 Å². The predicted octanol–water partition coefficient (Wildman–Crippen LogP) is 4.90. The molecule has 4 nitrogen and oxygen atoms in total. The summed E-state index contributed by atoms with van der Waals surface area (Å²) in [6, 6.07) is 12.5.